The number of anilines is 2. The molecule has 0 saturated carbocycles. The highest BCUT2D eigenvalue weighted by Gasteiger charge is 2.15. The molecule has 3 rings (SSSR count). The van der Waals surface area contributed by atoms with Gasteiger partial charge in [0.1, 0.15) is 5.75 Å². The van der Waals surface area contributed by atoms with Crippen molar-refractivity contribution in [2.45, 2.75) is 74.7 Å². The van der Waals surface area contributed by atoms with E-state index in [4.69, 9.17) is 9.47 Å². The van der Waals surface area contributed by atoms with Crippen LogP contribution < -0.4 is 9.64 Å². The topological polar surface area (TPSA) is 71.3 Å². The molecule has 0 unspecified atom stereocenters. The number of hydrogen-bond acceptors (Lipinski definition) is 6. The van der Waals surface area contributed by atoms with Gasteiger partial charge < -0.3 is 14.4 Å². The second-order valence-electron chi connectivity index (χ2n) is 9.20. The summed E-state index contributed by atoms with van der Waals surface area (Å²) in [4.78, 5) is 11.0. The van der Waals surface area contributed by atoms with E-state index in [1.807, 2.05) is 75.1 Å². The molecular weight excluding hydrogens is 472 g/mol. The summed E-state index contributed by atoms with van der Waals surface area (Å²) in [6, 6.07) is 15.7. The number of aromatic nitrogens is 2. The number of benzene rings is 2. The van der Waals surface area contributed by atoms with E-state index in [1.54, 1.807) is 12.4 Å². The van der Waals surface area contributed by atoms with Crippen molar-refractivity contribution in [2.75, 3.05) is 24.7 Å². The zero-order valence-electron chi connectivity index (χ0n) is 24.6. The minimum atomic E-state index is 0.586. The number of nitrogens with zero attached hydrogens (tertiary/aromatic N) is 4. The first-order valence-electron chi connectivity index (χ1n) is 13.8. The van der Waals surface area contributed by atoms with E-state index in [0.29, 0.717) is 17.3 Å². The van der Waals surface area contributed by atoms with Gasteiger partial charge in [0.05, 0.1) is 24.0 Å². The Balaban J connectivity index is 0.000000559. The van der Waals surface area contributed by atoms with Gasteiger partial charge in [-0.05, 0) is 74.4 Å². The summed E-state index contributed by atoms with van der Waals surface area (Å²) in [5.74, 6) is 2.71. The molecule has 0 saturated heterocycles. The van der Waals surface area contributed by atoms with Crippen LogP contribution in [0.1, 0.15) is 77.5 Å². The standard InChI is InChI=1S/C22H22N4O.C8H18O.C2H6/c1-4-10-26(21-12-18(13-23)9-8-17(21)3)22-24-14-20(15-25-22)27-19-7-5-6-16(2)11-19;1-4-6-9-7-5-8(2)3;1-2/h5-9,11-12,14-15H,4,10H2,1-3H3;8H,4-7H2,1-3H3;1-2H3. The molecule has 0 spiro atoms. The van der Waals surface area contributed by atoms with Crippen LogP contribution in [0.2, 0.25) is 0 Å². The van der Waals surface area contributed by atoms with Crippen molar-refractivity contribution in [3.8, 4) is 17.6 Å². The average molecular weight is 519 g/mol. The van der Waals surface area contributed by atoms with E-state index in [2.05, 4.69) is 43.7 Å². The Kier molecular flexibility index (Phi) is 16.1. The summed E-state index contributed by atoms with van der Waals surface area (Å²) in [6.07, 6.45) is 6.62. The van der Waals surface area contributed by atoms with Crippen molar-refractivity contribution < 1.29 is 9.47 Å². The first-order chi connectivity index (χ1) is 18.4. The van der Waals surface area contributed by atoms with E-state index >= 15 is 0 Å². The number of rotatable bonds is 11. The van der Waals surface area contributed by atoms with Gasteiger partial charge in [-0.3, -0.25) is 0 Å². The molecular formula is C32H46N4O2. The average Bonchev–Trinajstić information content (AvgIpc) is 2.92. The van der Waals surface area contributed by atoms with E-state index in [0.717, 1.165) is 61.1 Å². The lowest BCUT2D eigenvalue weighted by atomic mass is 10.1. The largest absolute Gasteiger partial charge is 0.454 e. The quantitative estimate of drug-likeness (QED) is 0.236. The second kappa shape index (κ2) is 18.8. The highest BCUT2D eigenvalue weighted by molar-refractivity contribution is 5.64. The van der Waals surface area contributed by atoms with Gasteiger partial charge in [0, 0.05) is 25.4 Å². The third-order valence-corrected chi connectivity index (χ3v) is 5.35. The Labute approximate surface area is 230 Å². The van der Waals surface area contributed by atoms with E-state index in [9.17, 15) is 5.26 Å². The molecule has 6 nitrogen and oxygen atoms in total. The van der Waals surface area contributed by atoms with Crippen LogP contribution in [0.4, 0.5) is 11.6 Å². The predicted octanol–water partition coefficient (Wildman–Crippen LogP) is 8.79. The molecule has 2 aromatic carbocycles. The van der Waals surface area contributed by atoms with Crippen LogP contribution in [0.25, 0.3) is 0 Å². The number of ether oxygens (including phenoxy) is 2. The zero-order valence-corrected chi connectivity index (χ0v) is 24.6. The third-order valence-electron chi connectivity index (χ3n) is 5.35. The molecule has 206 valence electrons. The van der Waals surface area contributed by atoms with E-state index < -0.39 is 0 Å². The fraction of sp³-hybridized carbons (Fsp3) is 0.469. The molecule has 0 atom stereocenters. The van der Waals surface area contributed by atoms with Gasteiger partial charge in [-0.25, -0.2) is 9.97 Å². The summed E-state index contributed by atoms with van der Waals surface area (Å²) in [5.41, 5.74) is 3.78. The van der Waals surface area contributed by atoms with Gasteiger partial charge in [-0.1, -0.05) is 59.7 Å². The maximum Gasteiger partial charge on any atom is 0.230 e. The minimum Gasteiger partial charge on any atom is -0.454 e. The lowest BCUT2D eigenvalue weighted by Crippen LogP contribution is -2.21. The lowest BCUT2D eigenvalue weighted by molar-refractivity contribution is 0.124. The van der Waals surface area contributed by atoms with E-state index in [-0.39, 0.29) is 0 Å². The summed E-state index contributed by atoms with van der Waals surface area (Å²) >= 11 is 0. The smallest absolute Gasteiger partial charge is 0.230 e. The van der Waals surface area contributed by atoms with Crippen molar-refractivity contribution in [2.24, 2.45) is 5.92 Å². The van der Waals surface area contributed by atoms with Gasteiger partial charge in [-0.2, -0.15) is 5.26 Å². The fourth-order valence-electron chi connectivity index (χ4n) is 3.40. The van der Waals surface area contributed by atoms with Crippen LogP contribution in [0.15, 0.2) is 54.9 Å². The van der Waals surface area contributed by atoms with Crippen molar-refractivity contribution in [1.82, 2.24) is 9.97 Å². The van der Waals surface area contributed by atoms with Crippen LogP contribution in [-0.4, -0.2) is 29.7 Å². The van der Waals surface area contributed by atoms with Gasteiger partial charge in [0.25, 0.3) is 0 Å². The maximum atomic E-state index is 9.21. The van der Waals surface area contributed by atoms with Gasteiger partial charge in [0.2, 0.25) is 5.95 Å². The number of hydrogen-bond donors (Lipinski definition) is 0. The number of aryl methyl sites for hydroxylation is 2. The maximum absolute atomic E-state index is 9.21. The molecule has 3 aromatic rings. The lowest BCUT2D eigenvalue weighted by Gasteiger charge is -2.24. The molecule has 0 aliphatic rings. The molecule has 6 heteroatoms. The first kappa shape index (κ1) is 32.6. The Bertz CT molecular complexity index is 1090. The zero-order chi connectivity index (χ0) is 28.3. The number of nitriles is 1. The van der Waals surface area contributed by atoms with Gasteiger partial charge in [-0.15, -0.1) is 0 Å². The fourth-order valence-corrected chi connectivity index (χ4v) is 3.40. The van der Waals surface area contributed by atoms with E-state index in [1.165, 1.54) is 6.42 Å². The van der Waals surface area contributed by atoms with Crippen molar-refractivity contribution in [1.29, 1.82) is 5.26 Å². The van der Waals surface area contributed by atoms with Gasteiger partial charge in [0.15, 0.2) is 5.75 Å². The van der Waals surface area contributed by atoms with Crippen LogP contribution in [0.5, 0.6) is 11.5 Å². The molecule has 0 radical (unpaired) electrons. The molecule has 1 heterocycles. The molecule has 0 aliphatic heterocycles. The Morgan fingerprint density at radius 1 is 0.921 bits per heavy atom. The molecule has 0 amide bonds. The second-order valence-corrected chi connectivity index (χ2v) is 9.20. The van der Waals surface area contributed by atoms with Crippen LogP contribution in [0.3, 0.4) is 0 Å². The molecule has 0 fully saturated rings. The summed E-state index contributed by atoms with van der Waals surface area (Å²) in [6.45, 7) is 19.3. The summed E-state index contributed by atoms with van der Waals surface area (Å²) in [5, 5.41) is 9.21. The molecule has 0 aliphatic carbocycles. The highest BCUT2D eigenvalue weighted by atomic mass is 16.5. The van der Waals surface area contributed by atoms with Gasteiger partial charge >= 0.3 is 0 Å². The molecule has 38 heavy (non-hydrogen) atoms. The third kappa shape index (κ3) is 11.7. The molecule has 0 N–H and O–H groups in total. The predicted molar refractivity (Wildman–Crippen MR) is 158 cm³/mol. The Hall–Kier alpha value is -3.43. The summed E-state index contributed by atoms with van der Waals surface area (Å²) in [7, 11) is 0. The summed E-state index contributed by atoms with van der Waals surface area (Å²) < 4.78 is 11.1. The minimum absolute atomic E-state index is 0.586. The van der Waals surface area contributed by atoms with Crippen molar-refractivity contribution >= 4 is 11.6 Å². The molecule has 0 bridgehead atoms. The van der Waals surface area contributed by atoms with Crippen LogP contribution >= 0.6 is 0 Å². The normalized spacial score (nSPS) is 10.0. The van der Waals surface area contributed by atoms with Crippen LogP contribution in [0, 0.1) is 31.1 Å². The Morgan fingerprint density at radius 3 is 2.21 bits per heavy atom. The van der Waals surface area contributed by atoms with Crippen molar-refractivity contribution in [3.63, 3.8) is 0 Å². The van der Waals surface area contributed by atoms with Crippen molar-refractivity contribution in [3.05, 3.63) is 71.5 Å². The highest BCUT2D eigenvalue weighted by Crippen LogP contribution is 2.28. The SMILES string of the molecule is CC.CCCN(c1ncc(Oc2cccc(C)c2)cn1)c1cc(C#N)ccc1C.CCCOCCC(C)C. The first-order valence-corrected chi connectivity index (χ1v) is 13.8. The Morgan fingerprint density at radius 2 is 1.63 bits per heavy atom. The van der Waals surface area contributed by atoms with Crippen LogP contribution in [-0.2, 0) is 4.74 Å². The monoisotopic (exact) mass is 518 g/mol. The molecule has 1 aromatic heterocycles.